The maximum Gasteiger partial charge on any atom is 0.264 e. The van der Waals surface area contributed by atoms with E-state index in [0.29, 0.717) is 3.57 Å². The zero-order valence-electron chi connectivity index (χ0n) is 5.94. The van der Waals surface area contributed by atoms with Crippen molar-refractivity contribution in [2.24, 2.45) is 0 Å². The van der Waals surface area contributed by atoms with Crippen LogP contribution in [0.15, 0.2) is 18.2 Å². The maximum absolute atomic E-state index is 12.2. The Morgan fingerprint density at radius 2 is 2.00 bits per heavy atom. The van der Waals surface area contributed by atoms with Gasteiger partial charge in [0.05, 0.1) is 0 Å². The molecule has 0 atom stereocenters. The normalized spacial score (nSPS) is 10.5. The number of hydrogen-bond acceptors (Lipinski definition) is 0. The smallest absolute Gasteiger partial charge is 0.205 e. The van der Waals surface area contributed by atoms with Crippen LogP contribution in [0.4, 0.5) is 8.78 Å². The van der Waals surface area contributed by atoms with Crippen LogP contribution in [-0.4, -0.2) is 7.85 Å². The molecule has 0 heterocycles. The van der Waals surface area contributed by atoms with Crippen molar-refractivity contribution in [2.75, 3.05) is 0 Å². The van der Waals surface area contributed by atoms with Crippen molar-refractivity contribution in [1.29, 1.82) is 0 Å². The quantitative estimate of drug-likeness (QED) is 0.533. The Balaban J connectivity index is 3.13. The van der Waals surface area contributed by atoms with Gasteiger partial charge in [-0.25, -0.2) is 8.78 Å². The molecule has 0 saturated heterocycles. The fourth-order valence-electron chi connectivity index (χ4n) is 0.830. The highest BCUT2D eigenvalue weighted by Crippen LogP contribution is 2.22. The molecule has 0 aromatic heterocycles. The standard InChI is InChI=1S/C7H6BF2I/c8-4-1-2-6(11)5(3-4)7(9)10/h1-3,7H,8H2. The third kappa shape index (κ3) is 2.15. The van der Waals surface area contributed by atoms with Crippen molar-refractivity contribution in [3.05, 3.63) is 27.3 Å². The van der Waals surface area contributed by atoms with Crippen molar-refractivity contribution in [3.8, 4) is 0 Å². The molecule has 0 amide bonds. The van der Waals surface area contributed by atoms with Gasteiger partial charge in [0.2, 0.25) is 0 Å². The minimum absolute atomic E-state index is 0.130. The Labute approximate surface area is 78.5 Å². The highest BCUT2D eigenvalue weighted by Gasteiger charge is 2.10. The molecule has 0 fully saturated rings. The van der Waals surface area contributed by atoms with Crippen LogP contribution in [0.25, 0.3) is 0 Å². The first kappa shape index (κ1) is 8.97. The molecular formula is C7H6BF2I. The van der Waals surface area contributed by atoms with Gasteiger partial charge >= 0.3 is 0 Å². The minimum atomic E-state index is -2.36. The minimum Gasteiger partial charge on any atom is -0.205 e. The Kier molecular flexibility index (Phi) is 2.87. The molecule has 0 spiro atoms. The topological polar surface area (TPSA) is 0 Å². The highest BCUT2D eigenvalue weighted by molar-refractivity contribution is 14.1. The van der Waals surface area contributed by atoms with Gasteiger partial charge in [-0.15, -0.1) is 0 Å². The molecule has 1 aromatic carbocycles. The van der Waals surface area contributed by atoms with Gasteiger partial charge in [-0.1, -0.05) is 17.6 Å². The molecule has 58 valence electrons. The lowest BCUT2D eigenvalue weighted by Crippen LogP contribution is -2.04. The predicted octanol–water partition coefficient (Wildman–Crippen LogP) is 1.49. The van der Waals surface area contributed by atoms with Crippen molar-refractivity contribution in [3.63, 3.8) is 0 Å². The van der Waals surface area contributed by atoms with Gasteiger partial charge in [0.15, 0.2) is 0 Å². The van der Waals surface area contributed by atoms with E-state index in [1.54, 1.807) is 6.07 Å². The summed E-state index contributed by atoms with van der Waals surface area (Å²) in [5, 5.41) is 0. The average molecular weight is 266 g/mol. The first-order valence-electron chi connectivity index (χ1n) is 3.15. The summed E-state index contributed by atoms with van der Waals surface area (Å²) in [6.45, 7) is 0. The summed E-state index contributed by atoms with van der Waals surface area (Å²) in [4.78, 5) is 0. The number of hydrogen-bond donors (Lipinski definition) is 0. The van der Waals surface area contributed by atoms with E-state index in [1.807, 2.05) is 36.5 Å². The molecule has 4 heteroatoms. The molecule has 0 aliphatic carbocycles. The highest BCUT2D eigenvalue weighted by atomic mass is 127. The Bertz CT molecular complexity index is 263. The van der Waals surface area contributed by atoms with E-state index in [1.165, 1.54) is 6.07 Å². The molecule has 1 aromatic rings. The Morgan fingerprint density at radius 3 is 2.45 bits per heavy atom. The molecule has 0 unspecified atom stereocenters. The van der Waals surface area contributed by atoms with Gasteiger partial charge in [0.25, 0.3) is 6.43 Å². The number of halogens is 3. The van der Waals surface area contributed by atoms with E-state index in [9.17, 15) is 8.78 Å². The Morgan fingerprint density at radius 1 is 1.36 bits per heavy atom. The lowest BCUT2D eigenvalue weighted by molar-refractivity contribution is 0.150. The van der Waals surface area contributed by atoms with Gasteiger partial charge in [-0.2, -0.15) is 0 Å². The summed E-state index contributed by atoms with van der Waals surface area (Å²) in [5.41, 5.74) is 1.01. The van der Waals surface area contributed by atoms with Crippen LogP contribution >= 0.6 is 22.6 Å². The lowest BCUT2D eigenvalue weighted by Gasteiger charge is -2.03. The lowest BCUT2D eigenvalue weighted by atomic mass is 9.95. The molecule has 0 radical (unpaired) electrons. The molecule has 0 nitrogen and oxygen atoms in total. The van der Waals surface area contributed by atoms with Crippen LogP contribution in [0, 0.1) is 3.57 Å². The van der Waals surface area contributed by atoms with Crippen molar-refractivity contribution >= 4 is 35.9 Å². The zero-order chi connectivity index (χ0) is 8.43. The third-order valence-corrected chi connectivity index (χ3v) is 2.37. The molecule has 0 bridgehead atoms. The van der Waals surface area contributed by atoms with Gasteiger partial charge in [0.1, 0.15) is 7.85 Å². The van der Waals surface area contributed by atoms with E-state index < -0.39 is 6.43 Å². The van der Waals surface area contributed by atoms with Gasteiger partial charge in [-0.05, 0) is 28.7 Å². The van der Waals surface area contributed by atoms with Gasteiger partial charge in [0, 0.05) is 9.13 Å². The van der Waals surface area contributed by atoms with Crippen LogP contribution in [0.2, 0.25) is 0 Å². The molecular weight excluding hydrogens is 260 g/mol. The SMILES string of the molecule is Bc1ccc(I)c(C(F)F)c1. The van der Waals surface area contributed by atoms with Crippen molar-refractivity contribution < 1.29 is 8.78 Å². The largest absolute Gasteiger partial charge is 0.264 e. The van der Waals surface area contributed by atoms with E-state index in [-0.39, 0.29) is 5.56 Å². The summed E-state index contributed by atoms with van der Waals surface area (Å²) in [5.74, 6) is 0. The molecule has 1 rings (SSSR count). The number of alkyl halides is 2. The molecule has 0 aliphatic heterocycles. The summed E-state index contributed by atoms with van der Waals surface area (Å²) in [6, 6.07) is 5.05. The third-order valence-electron chi connectivity index (χ3n) is 1.39. The first-order valence-corrected chi connectivity index (χ1v) is 4.23. The first-order chi connectivity index (χ1) is 5.11. The number of rotatable bonds is 1. The van der Waals surface area contributed by atoms with Crippen LogP contribution in [0.1, 0.15) is 12.0 Å². The summed E-state index contributed by atoms with van der Waals surface area (Å²) in [6.07, 6.45) is -2.36. The van der Waals surface area contributed by atoms with Crippen LogP contribution in [0.3, 0.4) is 0 Å². The van der Waals surface area contributed by atoms with E-state index in [0.717, 1.165) is 5.46 Å². The second-order valence-electron chi connectivity index (χ2n) is 2.33. The fraction of sp³-hybridized carbons (Fsp3) is 0.143. The maximum atomic E-state index is 12.2. The van der Waals surface area contributed by atoms with Gasteiger partial charge in [-0.3, -0.25) is 0 Å². The monoisotopic (exact) mass is 266 g/mol. The van der Waals surface area contributed by atoms with E-state index >= 15 is 0 Å². The summed E-state index contributed by atoms with van der Waals surface area (Å²) in [7, 11) is 1.81. The molecule has 0 N–H and O–H groups in total. The summed E-state index contributed by atoms with van der Waals surface area (Å²) >= 11 is 1.91. The second kappa shape index (κ2) is 3.52. The molecule has 0 aliphatic rings. The molecule has 11 heavy (non-hydrogen) atoms. The Hall–Kier alpha value is -0.125. The fourth-order valence-corrected chi connectivity index (χ4v) is 1.40. The van der Waals surface area contributed by atoms with E-state index in [4.69, 9.17) is 0 Å². The van der Waals surface area contributed by atoms with Crippen LogP contribution < -0.4 is 5.46 Å². The average Bonchev–Trinajstić information content (AvgIpc) is 1.94. The van der Waals surface area contributed by atoms with Crippen molar-refractivity contribution in [2.45, 2.75) is 6.43 Å². The predicted molar refractivity (Wildman–Crippen MR) is 52.3 cm³/mol. The number of benzene rings is 1. The zero-order valence-corrected chi connectivity index (χ0v) is 8.10. The second-order valence-corrected chi connectivity index (χ2v) is 3.49. The van der Waals surface area contributed by atoms with Crippen molar-refractivity contribution in [1.82, 2.24) is 0 Å². The van der Waals surface area contributed by atoms with Crippen LogP contribution in [0.5, 0.6) is 0 Å². The van der Waals surface area contributed by atoms with E-state index in [2.05, 4.69) is 0 Å². The summed E-state index contributed by atoms with van der Waals surface area (Å²) < 4.78 is 25.0. The molecule has 0 saturated carbocycles. The van der Waals surface area contributed by atoms with Gasteiger partial charge < -0.3 is 0 Å². The van der Waals surface area contributed by atoms with Crippen LogP contribution in [-0.2, 0) is 0 Å².